The van der Waals surface area contributed by atoms with Crippen LogP contribution in [0, 0.1) is 18.8 Å². The molecule has 21 N–H and O–H groups in total. The van der Waals surface area contributed by atoms with Gasteiger partial charge in [-0.2, -0.15) is 0 Å². The number of aliphatic hydroxyl groups excluding tert-OH is 2. The molecule has 442 valence electrons. The van der Waals surface area contributed by atoms with Gasteiger partial charge in [-0.05, 0) is 91.5 Å². The highest BCUT2D eigenvalue weighted by molar-refractivity contribution is 7.14. The molecule has 0 aliphatic rings. The molecule has 0 aliphatic carbocycles. The van der Waals surface area contributed by atoms with Crippen LogP contribution in [0.3, 0.4) is 0 Å². The van der Waals surface area contributed by atoms with Gasteiger partial charge < -0.3 is 86.4 Å². The Morgan fingerprint density at radius 1 is 0.775 bits per heavy atom. The van der Waals surface area contributed by atoms with Gasteiger partial charge in [-0.25, -0.2) is 24.9 Å². The normalized spacial score (nSPS) is 14.5. The van der Waals surface area contributed by atoms with Crippen LogP contribution >= 0.6 is 22.7 Å². The Bertz CT molecular complexity index is 2620. The quantitative estimate of drug-likeness (QED) is 0.0206. The van der Waals surface area contributed by atoms with E-state index in [0.29, 0.717) is 46.6 Å². The molecule has 30 heteroatoms. The minimum absolute atomic E-state index is 0.0982. The van der Waals surface area contributed by atoms with Crippen molar-refractivity contribution in [1.82, 2.24) is 72.4 Å². The summed E-state index contributed by atoms with van der Waals surface area (Å²) in [5.41, 5.74) is 29.4. The summed E-state index contributed by atoms with van der Waals surface area (Å²) in [4.78, 5) is 117. The number of unbranched alkanes of at least 4 members (excludes halogenated alkanes) is 1. The van der Waals surface area contributed by atoms with E-state index in [1.54, 1.807) is 5.38 Å². The van der Waals surface area contributed by atoms with Gasteiger partial charge in [0.15, 0.2) is 0 Å². The zero-order valence-electron chi connectivity index (χ0n) is 46.0. The minimum atomic E-state index is -1.54. The van der Waals surface area contributed by atoms with E-state index in [-0.39, 0.29) is 67.1 Å². The minimum Gasteiger partial charge on any atom is -0.391 e. The summed E-state index contributed by atoms with van der Waals surface area (Å²) in [5, 5.41) is 50.4. The second kappa shape index (κ2) is 33.8. The average molecular weight is 1160 g/mol. The van der Waals surface area contributed by atoms with Crippen LogP contribution in [0.5, 0.6) is 0 Å². The number of primary amides is 2. The van der Waals surface area contributed by atoms with Crippen LogP contribution < -0.4 is 71.2 Å². The topological polar surface area (TPSA) is 467 Å². The second-order valence-electron chi connectivity index (χ2n) is 19.8. The number of carbonyl (C=O) groups is 7. The molecule has 0 aromatic carbocycles. The smallest absolute Gasteiger partial charge is 0.271 e. The summed E-state index contributed by atoms with van der Waals surface area (Å²) in [6.45, 7) is 12.6. The number of carbonyl (C=O) groups excluding carboxylic acids is 7. The summed E-state index contributed by atoms with van der Waals surface area (Å²) in [5.74, 6) is -6.59. The van der Waals surface area contributed by atoms with Crippen LogP contribution in [-0.2, 0) is 36.8 Å². The number of amides is 7. The largest absolute Gasteiger partial charge is 0.391 e. The van der Waals surface area contributed by atoms with E-state index in [1.807, 2.05) is 19.2 Å². The van der Waals surface area contributed by atoms with Gasteiger partial charge in [0.2, 0.25) is 29.5 Å². The fraction of sp³-hybridized carbons (Fsp3) is 0.600. The van der Waals surface area contributed by atoms with Crippen molar-refractivity contribution in [2.45, 2.75) is 128 Å². The first-order valence-electron chi connectivity index (χ1n) is 26.6. The van der Waals surface area contributed by atoms with Gasteiger partial charge in [0.05, 0.1) is 47.6 Å². The van der Waals surface area contributed by atoms with Crippen LogP contribution in [0.2, 0.25) is 0 Å². The van der Waals surface area contributed by atoms with Gasteiger partial charge in [0.25, 0.3) is 11.8 Å². The van der Waals surface area contributed by atoms with Crippen LogP contribution in [0.1, 0.15) is 115 Å². The number of nitrogen functional groups attached to an aromatic ring is 1. The van der Waals surface area contributed by atoms with Crippen LogP contribution in [0.25, 0.3) is 10.7 Å². The van der Waals surface area contributed by atoms with Crippen molar-refractivity contribution >= 4 is 69.8 Å². The first-order chi connectivity index (χ1) is 38.1. The van der Waals surface area contributed by atoms with E-state index in [1.165, 1.54) is 56.0 Å². The van der Waals surface area contributed by atoms with Crippen LogP contribution in [-0.4, -0.2) is 170 Å². The number of rotatable bonds is 38. The third-order valence-corrected chi connectivity index (χ3v) is 14.4. The molecular weight excluding hydrogens is 1070 g/mol. The van der Waals surface area contributed by atoms with Crippen molar-refractivity contribution in [2.24, 2.45) is 34.8 Å². The highest BCUT2D eigenvalue weighted by Gasteiger charge is 2.37. The Morgan fingerprint density at radius 3 is 2.11 bits per heavy atom. The molecular formula is C50H81N19O9S2. The lowest BCUT2D eigenvalue weighted by Gasteiger charge is -2.31. The Hall–Kier alpha value is -6.64. The number of aromatic amines is 1. The first kappa shape index (κ1) is 65.9. The number of aliphatic hydroxyl groups is 2. The number of H-pyrrole nitrogens is 1. The summed E-state index contributed by atoms with van der Waals surface area (Å²) in [6.07, 6.45) is 3.72. The fourth-order valence-electron chi connectivity index (χ4n) is 8.05. The molecule has 80 heavy (non-hydrogen) atoms. The summed E-state index contributed by atoms with van der Waals surface area (Å²) < 4.78 is 0. The molecule has 0 spiro atoms. The molecule has 4 rings (SSSR count). The maximum Gasteiger partial charge on any atom is 0.271 e. The molecule has 4 aromatic rings. The first-order valence-corrected chi connectivity index (χ1v) is 28.4. The van der Waals surface area contributed by atoms with Crippen LogP contribution in [0.15, 0.2) is 23.3 Å². The van der Waals surface area contributed by atoms with Crippen molar-refractivity contribution in [3.05, 3.63) is 56.8 Å². The van der Waals surface area contributed by atoms with Crippen molar-refractivity contribution in [3.63, 3.8) is 0 Å². The Kier molecular flexibility index (Phi) is 27.9. The second-order valence-corrected chi connectivity index (χ2v) is 21.6. The lowest BCUT2D eigenvalue weighted by molar-refractivity contribution is -0.137. The number of imidazole rings is 1. The lowest BCUT2D eigenvalue weighted by atomic mass is 9.87. The average Bonchev–Trinajstić information content (AvgIpc) is 4.22. The van der Waals surface area contributed by atoms with Crippen molar-refractivity contribution in [3.8, 4) is 10.7 Å². The summed E-state index contributed by atoms with van der Waals surface area (Å²) in [6, 6.07) is -6.10. The molecule has 0 radical (unpaired) electrons. The molecule has 0 bridgehead atoms. The van der Waals surface area contributed by atoms with E-state index in [4.69, 9.17) is 28.7 Å². The van der Waals surface area contributed by atoms with Gasteiger partial charge in [-0.1, -0.05) is 13.8 Å². The SMILES string of the molecule is Cc1c(N)nc([C@H](CC(N)=O)NC[C@H](N)C(N)=O)nc1C(=O)N[C@@H](Cc1cnc[nH]1)C(=O)N[C@H](C)[C@@H](O)[C@H](CC(C)C)C(=O)N[C@H](C(=O)NCCc1nc(-c2nc(C(=O)NCCCNCCCCNCCCN)cs2)cs1)[C@@H](C)O. The molecule has 7 amide bonds. The molecule has 0 unspecified atom stereocenters. The molecule has 0 saturated carbocycles. The van der Waals surface area contributed by atoms with E-state index in [0.717, 1.165) is 51.9 Å². The van der Waals surface area contributed by atoms with Gasteiger partial charge >= 0.3 is 0 Å². The molecule has 0 fully saturated rings. The van der Waals surface area contributed by atoms with Crippen molar-refractivity contribution < 1.29 is 43.8 Å². The highest BCUT2D eigenvalue weighted by Crippen LogP contribution is 2.26. The predicted octanol–water partition coefficient (Wildman–Crippen LogP) is -2.49. The molecule has 4 heterocycles. The summed E-state index contributed by atoms with van der Waals surface area (Å²) >= 11 is 2.64. The maximum atomic E-state index is 14.1. The van der Waals surface area contributed by atoms with Gasteiger partial charge in [0.1, 0.15) is 45.8 Å². The Morgan fingerprint density at radius 2 is 1.48 bits per heavy atom. The molecule has 0 saturated heterocycles. The predicted molar refractivity (Wildman–Crippen MR) is 302 cm³/mol. The number of aromatic nitrogens is 6. The number of thiazole rings is 2. The maximum absolute atomic E-state index is 14.1. The molecule has 0 aliphatic heterocycles. The number of anilines is 1. The van der Waals surface area contributed by atoms with E-state index in [9.17, 15) is 43.8 Å². The van der Waals surface area contributed by atoms with Crippen LogP contribution in [0.4, 0.5) is 5.82 Å². The van der Waals surface area contributed by atoms with E-state index >= 15 is 0 Å². The highest BCUT2D eigenvalue weighted by atomic mass is 32.1. The molecule has 4 aromatic heterocycles. The number of nitrogens with two attached hydrogens (primary N) is 5. The third kappa shape index (κ3) is 21.8. The van der Waals surface area contributed by atoms with E-state index in [2.05, 4.69) is 72.4 Å². The number of hydrogen-bond acceptors (Lipinski definition) is 22. The standard InChI is InChI=1S/C50H81N19O9S2/c1-26(2)18-31(41(72)28(4)63-47(76)34(19-30-21-58-25-62-30)65-49(78)39-27(3)42(54)69-44(67-39)33(20-37(53)71)61-22-32(52)43(55)73)45(74)68-40(29(5)70)48(77)60-17-10-38-64-36(24-79-38)50-66-35(23-80-50)46(75)59-16-9-15-57-13-7-6-12-56-14-8-11-51/h21,23-26,28-29,31-34,40-41,56-57,61,70,72H,6-20,22,51-52H2,1-5H3,(H2,53,71)(H2,55,73)(H,58,62)(H,59,75)(H,60,77)(H,63,76)(H,65,78)(H,68,74)(H2,54,67,69)/t28-,29-,31+,32+,33+,34+,40+,41-/m1/s1. The fourth-order valence-corrected chi connectivity index (χ4v) is 9.66. The van der Waals surface area contributed by atoms with Gasteiger partial charge in [-0.3, -0.25) is 33.6 Å². The monoisotopic (exact) mass is 1160 g/mol. The van der Waals surface area contributed by atoms with Crippen molar-refractivity contribution in [1.29, 1.82) is 0 Å². The molecule has 8 atom stereocenters. The lowest BCUT2D eigenvalue weighted by Crippen LogP contribution is -2.58. The molecule has 28 nitrogen and oxygen atoms in total. The zero-order valence-corrected chi connectivity index (χ0v) is 47.6. The van der Waals surface area contributed by atoms with Gasteiger partial charge in [0, 0.05) is 67.1 Å². The Labute approximate surface area is 473 Å². The Balaban J connectivity index is 1.34. The van der Waals surface area contributed by atoms with E-state index < -0.39 is 83.8 Å². The zero-order chi connectivity index (χ0) is 58.9. The number of nitrogens with zero attached hydrogens (tertiary/aromatic N) is 5. The summed E-state index contributed by atoms with van der Waals surface area (Å²) in [7, 11) is 0. The van der Waals surface area contributed by atoms with Gasteiger partial charge in [-0.15, -0.1) is 22.7 Å². The van der Waals surface area contributed by atoms with Crippen molar-refractivity contribution in [2.75, 3.05) is 58.1 Å². The number of nitrogens with one attached hydrogen (secondary N) is 9. The number of hydrogen-bond donors (Lipinski definition) is 16. The third-order valence-electron chi connectivity index (χ3n) is 12.6.